The Balaban J connectivity index is 3.09. The predicted molar refractivity (Wildman–Crippen MR) is 37.3 cm³/mol. The van der Waals surface area contributed by atoms with E-state index in [-0.39, 0.29) is 5.88 Å². The van der Waals surface area contributed by atoms with Crippen molar-refractivity contribution >= 4 is 6.29 Å². The SMILES string of the molecule is COc1ccc(C=O)c[n+]1[O-]. The standard InChI is InChI=1S/C7H7NO3/c1-11-7-3-2-6(5-9)4-8(7)10/h2-5H,1H3. The summed E-state index contributed by atoms with van der Waals surface area (Å²) in [5, 5.41) is 10.9. The Labute approximate surface area is 63.6 Å². The highest BCUT2D eigenvalue weighted by Gasteiger charge is 2.03. The first kappa shape index (κ1) is 7.53. The Hall–Kier alpha value is -1.58. The minimum absolute atomic E-state index is 0.176. The van der Waals surface area contributed by atoms with Crippen LogP contribution in [0.2, 0.25) is 0 Å². The summed E-state index contributed by atoms with van der Waals surface area (Å²) in [6.45, 7) is 0. The molecule has 1 aromatic heterocycles. The Kier molecular flexibility index (Phi) is 2.06. The summed E-state index contributed by atoms with van der Waals surface area (Å²) >= 11 is 0. The largest absolute Gasteiger partial charge is 0.616 e. The molecule has 0 saturated carbocycles. The highest BCUT2D eigenvalue weighted by Crippen LogP contribution is 2.01. The van der Waals surface area contributed by atoms with Crippen LogP contribution in [-0.2, 0) is 0 Å². The quantitative estimate of drug-likeness (QED) is 0.345. The lowest BCUT2D eigenvalue weighted by Gasteiger charge is -2.00. The molecule has 0 aliphatic heterocycles. The Morgan fingerprint density at radius 3 is 2.82 bits per heavy atom. The fourth-order valence-electron chi connectivity index (χ4n) is 0.711. The molecule has 0 N–H and O–H groups in total. The van der Waals surface area contributed by atoms with E-state index >= 15 is 0 Å². The smallest absolute Gasteiger partial charge is 0.379 e. The lowest BCUT2D eigenvalue weighted by atomic mass is 10.3. The molecule has 58 valence electrons. The zero-order valence-corrected chi connectivity index (χ0v) is 5.98. The van der Waals surface area contributed by atoms with E-state index in [9.17, 15) is 10.0 Å². The number of methoxy groups -OCH3 is 1. The van der Waals surface area contributed by atoms with Crippen molar-refractivity contribution in [1.82, 2.24) is 0 Å². The van der Waals surface area contributed by atoms with Gasteiger partial charge in [0.2, 0.25) is 0 Å². The van der Waals surface area contributed by atoms with Crippen molar-refractivity contribution < 1.29 is 14.3 Å². The molecule has 4 nitrogen and oxygen atoms in total. The van der Waals surface area contributed by atoms with Crippen LogP contribution >= 0.6 is 0 Å². The molecule has 0 unspecified atom stereocenters. The Bertz CT molecular complexity index is 272. The molecule has 0 bridgehead atoms. The van der Waals surface area contributed by atoms with Gasteiger partial charge in [-0.2, -0.15) is 0 Å². The molecule has 0 spiro atoms. The van der Waals surface area contributed by atoms with Crippen LogP contribution in [0.5, 0.6) is 5.88 Å². The molecule has 4 heteroatoms. The van der Waals surface area contributed by atoms with E-state index in [0.717, 1.165) is 6.20 Å². The van der Waals surface area contributed by atoms with Crippen molar-refractivity contribution in [3.05, 3.63) is 29.1 Å². The zero-order chi connectivity index (χ0) is 8.27. The summed E-state index contributed by atoms with van der Waals surface area (Å²) in [5.74, 6) is 0.176. The topological polar surface area (TPSA) is 53.2 Å². The van der Waals surface area contributed by atoms with E-state index in [1.807, 2.05) is 0 Å². The molecule has 0 atom stereocenters. The summed E-state index contributed by atoms with van der Waals surface area (Å²) < 4.78 is 5.18. The first-order valence-corrected chi connectivity index (χ1v) is 3.00. The average Bonchev–Trinajstić information content (AvgIpc) is 2.04. The molecule has 0 fully saturated rings. The van der Waals surface area contributed by atoms with Crippen LogP contribution in [0, 0.1) is 5.21 Å². The Morgan fingerprint density at radius 1 is 1.64 bits per heavy atom. The van der Waals surface area contributed by atoms with Crippen LogP contribution in [-0.4, -0.2) is 13.4 Å². The second-order valence-electron chi connectivity index (χ2n) is 1.95. The number of carbonyl (C=O) groups is 1. The first-order valence-electron chi connectivity index (χ1n) is 3.00. The molecular formula is C7H7NO3. The molecule has 1 rings (SSSR count). The van der Waals surface area contributed by atoms with E-state index < -0.39 is 0 Å². The molecule has 1 aromatic rings. The van der Waals surface area contributed by atoms with Gasteiger partial charge in [-0.25, -0.2) is 0 Å². The van der Waals surface area contributed by atoms with E-state index in [2.05, 4.69) is 4.74 Å². The van der Waals surface area contributed by atoms with Gasteiger partial charge in [0.25, 0.3) is 0 Å². The number of hydrogen-bond donors (Lipinski definition) is 0. The molecule has 0 saturated heterocycles. The minimum atomic E-state index is 0.176. The number of aldehydes is 1. The van der Waals surface area contributed by atoms with Gasteiger partial charge in [0, 0.05) is 0 Å². The number of nitrogens with zero attached hydrogens (tertiary/aromatic N) is 1. The molecule has 1 heterocycles. The normalized spacial score (nSPS) is 9.18. The van der Waals surface area contributed by atoms with Crippen LogP contribution in [0.15, 0.2) is 18.3 Å². The summed E-state index contributed by atoms with van der Waals surface area (Å²) in [5.41, 5.74) is 0.334. The predicted octanol–water partition coefficient (Wildman–Crippen LogP) is 0.141. The third kappa shape index (κ3) is 1.46. The lowest BCUT2D eigenvalue weighted by molar-refractivity contribution is -0.612. The van der Waals surface area contributed by atoms with Crippen molar-refractivity contribution in [1.29, 1.82) is 0 Å². The fraction of sp³-hybridized carbons (Fsp3) is 0.143. The second kappa shape index (κ2) is 3.01. The summed E-state index contributed by atoms with van der Waals surface area (Å²) in [4.78, 5) is 10.2. The van der Waals surface area contributed by atoms with Gasteiger partial charge in [0.05, 0.1) is 18.7 Å². The van der Waals surface area contributed by atoms with E-state index in [1.54, 1.807) is 0 Å². The minimum Gasteiger partial charge on any atom is -0.616 e. The van der Waals surface area contributed by atoms with Crippen LogP contribution in [0.3, 0.4) is 0 Å². The molecule has 0 aromatic carbocycles. The van der Waals surface area contributed by atoms with Gasteiger partial charge in [0.1, 0.15) is 0 Å². The Morgan fingerprint density at radius 2 is 2.36 bits per heavy atom. The molecule has 0 aliphatic rings. The van der Waals surface area contributed by atoms with Crippen LogP contribution in [0.4, 0.5) is 0 Å². The van der Waals surface area contributed by atoms with E-state index in [1.165, 1.54) is 19.2 Å². The van der Waals surface area contributed by atoms with Gasteiger partial charge in [-0.1, -0.05) is 0 Å². The third-order valence-corrected chi connectivity index (χ3v) is 1.25. The maximum atomic E-state index is 10.9. The number of rotatable bonds is 2. The van der Waals surface area contributed by atoms with Crippen LogP contribution in [0.25, 0.3) is 0 Å². The molecule has 0 aliphatic carbocycles. The maximum absolute atomic E-state index is 10.9. The van der Waals surface area contributed by atoms with Gasteiger partial charge in [-0.05, 0) is 6.07 Å². The maximum Gasteiger partial charge on any atom is 0.379 e. The lowest BCUT2D eigenvalue weighted by Crippen LogP contribution is -2.28. The average molecular weight is 153 g/mol. The van der Waals surface area contributed by atoms with Gasteiger partial charge in [-0.15, -0.1) is 4.73 Å². The third-order valence-electron chi connectivity index (χ3n) is 1.25. The van der Waals surface area contributed by atoms with Gasteiger partial charge in [-0.3, -0.25) is 4.79 Å². The van der Waals surface area contributed by atoms with Crippen molar-refractivity contribution in [3.8, 4) is 5.88 Å². The van der Waals surface area contributed by atoms with E-state index in [0.29, 0.717) is 16.6 Å². The number of hydrogen-bond acceptors (Lipinski definition) is 3. The molecule has 0 radical (unpaired) electrons. The highest BCUT2D eigenvalue weighted by molar-refractivity contribution is 5.73. The highest BCUT2D eigenvalue weighted by atomic mass is 16.5. The molecule has 11 heavy (non-hydrogen) atoms. The molecule has 0 amide bonds. The van der Waals surface area contributed by atoms with Crippen molar-refractivity contribution in [3.63, 3.8) is 0 Å². The van der Waals surface area contributed by atoms with Gasteiger partial charge >= 0.3 is 5.88 Å². The zero-order valence-electron chi connectivity index (χ0n) is 5.98. The monoisotopic (exact) mass is 153 g/mol. The summed E-state index contributed by atoms with van der Waals surface area (Å²) in [6, 6.07) is 2.96. The molecular weight excluding hydrogens is 146 g/mol. The summed E-state index contributed by atoms with van der Waals surface area (Å²) in [7, 11) is 1.39. The van der Waals surface area contributed by atoms with Crippen LogP contribution < -0.4 is 9.47 Å². The van der Waals surface area contributed by atoms with Gasteiger partial charge < -0.3 is 9.94 Å². The van der Waals surface area contributed by atoms with Crippen molar-refractivity contribution in [2.24, 2.45) is 0 Å². The second-order valence-corrected chi connectivity index (χ2v) is 1.95. The number of aromatic nitrogens is 1. The van der Waals surface area contributed by atoms with Crippen molar-refractivity contribution in [2.75, 3.05) is 7.11 Å². The number of carbonyl (C=O) groups excluding carboxylic acids is 1. The fourth-order valence-corrected chi connectivity index (χ4v) is 0.711. The van der Waals surface area contributed by atoms with E-state index in [4.69, 9.17) is 0 Å². The summed E-state index contributed by atoms with van der Waals surface area (Å²) in [6.07, 6.45) is 1.76. The number of ether oxygens (including phenoxy) is 1. The first-order chi connectivity index (χ1) is 5.27. The van der Waals surface area contributed by atoms with Crippen molar-refractivity contribution in [2.45, 2.75) is 0 Å². The number of pyridine rings is 1. The van der Waals surface area contributed by atoms with Gasteiger partial charge in [0.15, 0.2) is 12.5 Å². The van der Waals surface area contributed by atoms with Crippen LogP contribution in [0.1, 0.15) is 10.4 Å².